The van der Waals surface area contributed by atoms with E-state index in [1.165, 1.54) is 13.1 Å². The topological polar surface area (TPSA) is 88.6 Å². The van der Waals surface area contributed by atoms with Crippen LogP contribution in [0.15, 0.2) is 70.4 Å². The lowest BCUT2D eigenvalue weighted by Gasteiger charge is -2.19. The van der Waals surface area contributed by atoms with Gasteiger partial charge in [-0.15, -0.1) is 11.3 Å². The molecule has 1 unspecified atom stereocenters. The zero-order valence-corrected chi connectivity index (χ0v) is 18.3. The monoisotopic (exact) mass is 445 g/mol. The molecule has 1 aromatic carbocycles. The lowest BCUT2D eigenvalue weighted by atomic mass is 10.1. The standard InChI is InChI=1S/C21H23N3O4S2/c1-16(23-20(25)14-24(2)30(26,27)21-10-6-12-29-21)17-7-5-9-19(13-17)28-15-18-8-3-4-11-22-18/h3-13,16H,14-15H2,1-2H3,(H,23,25). The largest absolute Gasteiger partial charge is 0.487 e. The SMILES string of the molecule is CC(NC(=O)CN(C)S(=O)(=O)c1cccs1)c1cccc(OCc2ccccn2)c1. The number of hydrogen-bond donors (Lipinski definition) is 1. The Morgan fingerprint density at radius 2 is 2.03 bits per heavy atom. The van der Waals surface area contributed by atoms with Gasteiger partial charge in [-0.05, 0) is 48.2 Å². The van der Waals surface area contributed by atoms with Gasteiger partial charge in [0.25, 0.3) is 10.0 Å². The van der Waals surface area contributed by atoms with Crippen LogP contribution in [0.5, 0.6) is 5.75 Å². The summed E-state index contributed by atoms with van der Waals surface area (Å²) in [7, 11) is -2.27. The lowest BCUT2D eigenvalue weighted by molar-refractivity contribution is -0.121. The van der Waals surface area contributed by atoms with E-state index >= 15 is 0 Å². The fourth-order valence-electron chi connectivity index (χ4n) is 2.74. The van der Waals surface area contributed by atoms with Crippen molar-refractivity contribution in [2.24, 2.45) is 0 Å². The van der Waals surface area contributed by atoms with Crippen LogP contribution in [0.2, 0.25) is 0 Å². The number of carbonyl (C=O) groups is 1. The van der Waals surface area contributed by atoms with E-state index in [1.54, 1.807) is 17.6 Å². The van der Waals surface area contributed by atoms with Crippen LogP contribution < -0.4 is 10.1 Å². The molecular weight excluding hydrogens is 422 g/mol. The minimum atomic E-state index is -3.67. The van der Waals surface area contributed by atoms with Crippen molar-refractivity contribution < 1.29 is 17.9 Å². The second-order valence-electron chi connectivity index (χ2n) is 6.66. The molecule has 30 heavy (non-hydrogen) atoms. The number of benzene rings is 1. The van der Waals surface area contributed by atoms with Crippen LogP contribution in [0.25, 0.3) is 0 Å². The molecular formula is C21H23N3O4S2. The summed E-state index contributed by atoms with van der Waals surface area (Å²) in [5, 5.41) is 4.52. The average Bonchev–Trinajstić information content (AvgIpc) is 3.29. The molecule has 2 heterocycles. The highest BCUT2D eigenvalue weighted by Gasteiger charge is 2.24. The molecule has 0 spiro atoms. The highest BCUT2D eigenvalue weighted by Crippen LogP contribution is 2.21. The third kappa shape index (κ3) is 5.65. The zero-order chi connectivity index (χ0) is 21.6. The molecule has 158 valence electrons. The lowest BCUT2D eigenvalue weighted by Crippen LogP contribution is -2.39. The molecule has 7 nitrogen and oxygen atoms in total. The van der Waals surface area contributed by atoms with Crippen molar-refractivity contribution in [1.82, 2.24) is 14.6 Å². The molecule has 0 aliphatic rings. The number of amides is 1. The van der Waals surface area contributed by atoms with Gasteiger partial charge in [0.1, 0.15) is 16.6 Å². The van der Waals surface area contributed by atoms with Gasteiger partial charge in [0.15, 0.2) is 0 Å². The molecule has 3 aromatic rings. The summed E-state index contributed by atoms with van der Waals surface area (Å²) in [5.41, 5.74) is 1.67. The number of likely N-dealkylation sites (N-methyl/N-ethyl adjacent to an activating group) is 1. The molecule has 0 aliphatic heterocycles. The van der Waals surface area contributed by atoms with Gasteiger partial charge in [0.2, 0.25) is 5.91 Å². The first kappa shape index (κ1) is 21.9. The minimum Gasteiger partial charge on any atom is -0.487 e. The smallest absolute Gasteiger partial charge is 0.252 e. The summed E-state index contributed by atoms with van der Waals surface area (Å²) in [4.78, 5) is 16.6. The third-order valence-corrected chi connectivity index (χ3v) is 7.55. The first-order chi connectivity index (χ1) is 14.4. The van der Waals surface area contributed by atoms with Gasteiger partial charge in [-0.1, -0.05) is 24.3 Å². The summed E-state index contributed by atoms with van der Waals surface area (Å²) in [5.74, 6) is 0.279. The van der Waals surface area contributed by atoms with Gasteiger partial charge in [-0.25, -0.2) is 8.42 Å². The fraction of sp³-hybridized carbons (Fsp3) is 0.238. The van der Waals surface area contributed by atoms with Gasteiger partial charge in [0, 0.05) is 13.2 Å². The summed E-state index contributed by atoms with van der Waals surface area (Å²) in [6, 6.07) is 15.9. The van der Waals surface area contributed by atoms with Gasteiger partial charge >= 0.3 is 0 Å². The molecule has 0 fully saturated rings. The van der Waals surface area contributed by atoms with Crippen LogP contribution in [0, 0.1) is 0 Å². The number of pyridine rings is 1. The summed E-state index contributed by atoms with van der Waals surface area (Å²) in [6.45, 7) is 1.92. The van der Waals surface area contributed by atoms with E-state index in [0.717, 1.165) is 26.9 Å². The van der Waals surface area contributed by atoms with Gasteiger partial charge in [-0.2, -0.15) is 4.31 Å². The van der Waals surface area contributed by atoms with Crippen molar-refractivity contribution in [3.63, 3.8) is 0 Å². The van der Waals surface area contributed by atoms with Gasteiger partial charge in [0.05, 0.1) is 18.3 Å². The Morgan fingerprint density at radius 1 is 1.20 bits per heavy atom. The van der Waals surface area contributed by atoms with E-state index in [2.05, 4.69) is 10.3 Å². The number of nitrogens with one attached hydrogen (secondary N) is 1. The van der Waals surface area contributed by atoms with E-state index in [9.17, 15) is 13.2 Å². The first-order valence-electron chi connectivity index (χ1n) is 9.28. The number of thiophene rings is 1. The van der Waals surface area contributed by atoms with Crippen molar-refractivity contribution in [2.75, 3.05) is 13.6 Å². The Kier molecular flexibility index (Phi) is 7.20. The summed E-state index contributed by atoms with van der Waals surface area (Å²) < 4.78 is 31.9. The summed E-state index contributed by atoms with van der Waals surface area (Å²) in [6.07, 6.45) is 1.71. The quantitative estimate of drug-likeness (QED) is 0.546. The second kappa shape index (κ2) is 9.84. The third-order valence-electron chi connectivity index (χ3n) is 4.37. The van der Waals surface area contributed by atoms with Crippen LogP contribution in [-0.2, 0) is 21.4 Å². The van der Waals surface area contributed by atoms with Gasteiger partial charge < -0.3 is 10.1 Å². The van der Waals surface area contributed by atoms with E-state index < -0.39 is 10.0 Å². The maximum absolute atomic E-state index is 12.5. The van der Waals surface area contributed by atoms with E-state index in [4.69, 9.17) is 4.74 Å². The number of hydrogen-bond acceptors (Lipinski definition) is 6. The number of sulfonamides is 1. The van der Waals surface area contributed by atoms with Crippen molar-refractivity contribution >= 4 is 27.3 Å². The predicted molar refractivity (Wildman–Crippen MR) is 116 cm³/mol. The molecule has 0 radical (unpaired) electrons. The van der Waals surface area contributed by atoms with E-state index in [1.807, 2.05) is 49.4 Å². The maximum Gasteiger partial charge on any atom is 0.252 e. The zero-order valence-electron chi connectivity index (χ0n) is 16.7. The molecule has 0 saturated carbocycles. The average molecular weight is 446 g/mol. The van der Waals surface area contributed by atoms with Crippen LogP contribution in [-0.4, -0.2) is 37.2 Å². The highest BCUT2D eigenvalue weighted by molar-refractivity contribution is 7.91. The van der Waals surface area contributed by atoms with E-state index in [0.29, 0.717) is 12.4 Å². The number of aromatic nitrogens is 1. The molecule has 0 aliphatic carbocycles. The van der Waals surface area contributed by atoms with Crippen LogP contribution in [0.4, 0.5) is 0 Å². The maximum atomic E-state index is 12.5. The summed E-state index contributed by atoms with van der Waals surface area (Å²) >= 11 is 1.12. The molecule has 0 saturated heterocycles. The fourth-order valence-corrected chi connectivity index (χ4v) is 5.06. The number of nitrogens with zero attached hydrogens (tertiary/aromatic N) is 2. The van der Waals surface area contributed by atoms with E-state index in [-0.39, 0.29) is 22.7 Å². The Balaban J connectivity index is 1.57. The van der Waals surface area contributed by atoms with Crippen molar-refractivity contribution in [1.29, 1.82) is 0 Å². The van der Waals surface area contributed by atoms with Crippen LogP contribution in [0.1, 0.15) is 24.2 Å². The van der Waals surface area contributed by atoms with Gasteiger partial charge in [-0.3, -0.25) is 9.78 Å². The Morgan fingerprint density at radius 3 is 2.73 bits per heavy atom. The number of carbonyl (C=O) groups excluding carboxylic acids is 1. The normalized spacial score (nSPS) is 12.5. The molecule has 1 atom stereocenters. The Hall–Kier alpha value is -2.75. The highest BCUT2D eigenvalue weighted by atomic mass is 32.2. The predicted octanol–water partition coefficient (Wildman–Crippen LogP) is 3.22. The Bertz CT molecular complexity index is 1070. The second-order valence-corrected chi connectivity index (χ2v) is 9.88. The number of ether oxygens (including phenoxy) is 1. The van der Waals surface area contributed by atoms with Crippen molar-refractivity contribution in [2.45, 2.75) is 23.8 Å². The Labute approximate surface area is 180 Å². The molecule has 0 bridgehead atoms. The molecule has 2 aromatic heterocycles. The molecule has 9 heteroatoms. The molecule has 3 rings (SSSR count). The van der Waals surface area contributed by atoms with Crippen molar-refractivity contribution in [3.05, 3.63) is 77.4 Å². The first-order valence-corrected chi connectivity index (χ1v) is 11.6. The molecule has 1 N–H and O–H groups in total. The van der Waals surface area contributed by atoms with Crippen molar-refractivity contribution in [3.8, 4) is 5.75 Å². The minimum absolute atomic E-state index is 0.212. The molecule has 1 amide bonds. The van der Waals surface area contributed by atoms with Crippen LogP contribution >= 0.6 is 11.3 Å². The number of rotatable bonds is 9. The van der Waals surface area contributed by atoms with Crippen LogP contribution in [0.3, 0.4) is 0 Å².